The van der Waals surface area contributed by atoms with Gasteiger partial charge in [-0.1, -0.05) is 0 Å². The van der Waals surface area contributed by atoms with Crippen molar-refractivity contribution in [3.8, 4) is 0 Å². The van der Waals surface area contributed by atoms with Crippen LogP contribution in [0, 0.1) is 0 Å². The molecule has 128 valence electrons. The van der Waals surface area contributed by atoms with Crippen molar-refractivity contribution in [3.63, 3.8) is 0 Å². The van der Waals surface area contributed by atoms with Crippen LogP contribution in [-0.2, 0) is 20.9 Å². The lowest BCUT2D eigenvalue weighted by atomic mass is 10.3. The lowest BCUT2D eigenvalue weighted by molar-refractivity contribution is -0.143. The predicted molar refractivity (Wildman–Crippen MR) is 84.7 cm³/mol. The van der Waals surface area contributed by atoms with E-state index in [4.69, 9.17) is 4.74 Å². The number of aromatic nitrogens is 2. The molecule has 0 unspecified atom stereocenters. The number of esters is 1. The normalized spacial score (nSPS) is 16.2. The van der Waals surface area contributed by atoms with Crippen LogP contribution in [-0.4, -0.2) is 83.6 Å². The Morgan fingerprint density at radius 3 is 2.57 bits per heavy atom. The standard InChI is InChI=1S/C15H25N5O3/c1-2-23-15(22)11-17-14(21)12-19-8-5-18(6-9-19)7-10-20-4-3-16-13-20/h3-4,13H,2,5-12H2,1H3,(H,17,21). The molecule has 1 aliphatic rings. The number of imidazole rings is 1. The molecule has 1 amide bonds. The molecule has 23 heavy (non-hydrogen) atoms. The first-order chi connectivity index (χ1) is 11.2. The molecule has 1 fully saturated rings. The zero-order valence-electron chi connectivity index (χ0n) is 13.6. The van der Waals surface area contributed by atoms with Crippen molar-refractivity contribution in [2.45, 2.75) is 13.5 Å². The van der Waals surface area contributed by atoms with E-state index in [0.717, 1.165) is 39.3 Å². The number of carbonyl (C=O) groups is 2. The molecule has 2 heterocycles. The van der Waals surface area contributed by atoms with E-state index >= 15 is 0 Å². The molecule has 1 saturated heterocycles. The first kappa shape index (κ1) is 17.4. The summed E-state index contributed by atoms with van der Waals surface area (Å²) in [5.74, 6) is -0.532. The first-order valence-corrected chi connectivity index (χ1v) is 8.00. The van der Waals surface area contributed by atoms with E-state index in [-0.39, 0.29) is 12.5 Å². The number of amides is 1. The monoisotopic (exact) mass is 323 g/mol. The van der Waals surface area contributed by atoms with E-state index in [1.807, 2.05) is 12.5 Å². The van der Waals surface area contributed by atoms with Gasteiger partial charge in [-0.2, -0.15) is 0 Å². The average molecular weight is 323 g/mol. The maximum atomic E-state index is 11.8. The quantitative estimate of drug-likeness (QED) is 0.630. The largest absolute Gasteiger partial charge is 0.465 e. The molecule has 1 N–H and O–H groups in total. The van der Waals surface area contributed by atoms with Crippen LogP contribution < -0.4 is 5.32 Å². The minimum atomic E-state index is -0.398. The molecule has 0 radical (unpaired) electrons. The number of nitrogens with one attached hydrogen (secondary N) is 1. The van der Waals surface area contributed by atoms with Gasteiger partial charge in [0, 0.05) is 51.7 Å². The second-order valence-electron chi connectivity index (χ2n) is 5.50. The van der Waals surface area contributed by atoms with Crippen molar-refractivity contribution in [1.82, 2.24) is 24.7 Å². The van der Waals surface area contributed by atoms with Gasteiger partial charge in [-0.05, 0) is 6.92 Å². The Kier molecular flexibility index (Phi) is 7.02. The number of piperazine rings is 1. The van der Waals surface area contributed by atoms with Gasteiger partial charge in [0.15, 0.2) is 0 Å². The number of nitrogens with zero attached hydrogens (tertiary/aromatic N) is 4. The van der Waals surface area contributed by atoms with E-state index in [1.54, 1.807) is 13.1 Å². The Labute approximate surface area is 136 Å². The molecule has 0 aliphatic carbocycles. The maximum absolute atomic E-state index is 11.8. The Bertz CT molecular complexity index is 483. The third-order valence-electron chi connectivity index (χ3n) is 3.80. The van der Waals surface area contributed by atoms with E-state index in [1.165, 1.54) is 0 Å². The summed E-state index contributed by atoms with van der Waals surface area (Å²) in [6.45, 7) is 7.86. The molecule has 8 heteroatoms. The van der Waals surface area contributed by atoms with E-state index < -0.39 is 5.97 Å². The summed E-state index contributed by atoms with van der Waals surface area (Å²) in [5.41, 5.74) is 0. The Balaban J connectivity index is 1.58. The summed E-state index contributed by atoms with van der Waals surface area (Å²) in [4.78, 5) is 31.5. The smallest absolute Gasteiger partial charge is 0.325 e. The van der Waals surface area contributed by atoms with Crippen LogP contribution in [0.25, 0.3) is 0 Å². The van der Waals surface area contributed by atoms with Gasteiger partial charge >= 0.3 is 5.97 Å². The summed E-state index contributed by atoms with van der Waals surface area (Å²) in [5, 5.41) is 2.59. The van der Waals surface area contributed by atoms with Crippen LogP contribution in [0.15, 0.2) is 18.7 Å². The Morgan fingerprint density at radius 1 is 1.17 bits per heavy atom. The highest BCUT2D eigenvalue weighted by Crippen LogP contribution is 2.02. The van der Waals surface area contributed by atoms with Crippen LogP contribution in [0.1, 0.15) is 6.92 Å². The number of ether oxygens (including phenoxy) is 1. The lowest BCUT2D eigenvalue weighted by Gasteiger charge is -2.34. The molecule has 0 bridgehead atoms. The van der Waals surface area contributed by atoms with Gasteiger partial charge < -0.3 is 14.6 Å². The fourth-order valence-electron chi connectivity index (χ4n) is 2.49. The van der Waals surface area contributed by atoms with Crippen LogP contribution in [0.3, 0.4) is 0 Å². The topological polar surface area (TPSA) is 79.7 Å². The van der Waals surface area contributed by atoms with Crippen LogP contribution in [0.2, 0.25) is 0 Å². The van der Waals surface area contributed by atoms with Crippen molar-refractivity contribution < 1.29 is 14.3 Å². The summed E-state index contributed by atoms with van der Waals surface area (Å²) < 4.78 is 6.84. The average Bonchev–Trinajstić information content (AvgIpc) is 3.06. The second kappa shape index (κ2) is 9.26. The fraction of sp³-hybridized carbons (Fsp3) is 0.667. The molecule has 2 rings (SSSR count). The van der Waals surface area contributed by atoms with Crippen molar-refractivity contribution in [1.29, 1.82) is 0 Å². The highest BCUT2D eigenvalue weighted by Gasteiger charge is 2.19. The molecule has 8 nitrogen and oxygen atoms in total. The molecule has 0 saturated carbocycles. The van der Waals surface area contributed by atoms with Gasteiger partial charge in [-0.25, -0.2) is 4.98 Å². The SMILES string of the molecule is CCOC(=O)CNC(=O)CN1CCN(CCn2ccnc2)CC1. The van der Waals surface area contributed by atoms with Crippen LogP contribution in [0.4, 0.5) is 0 Å². The van der Waals surface area contributed by atoms with Gasteiger partial charge in [0.05, 0.1) is 19.5 Å². The zero-order valence-corrected chi connectivity index (χ0v) is 13.6. The summed E-state index contributed by atoms with van der Waals surface area (Å²) in [6, 6.07) is 0. The van der Waals surface area contributed by atoms with Gasteiger partial charge in [-0.15, -0.1) is 0 Å². The third kappa shape index (κ3) is 6.37. The van der Waals surface area contributed by atoms with E-state index in [2.05, 4.69) is 24.7 Å². The predicted octanol–water partition coefficient (Wildman–Crippen LogP) is -0.820. The second-order valence-corrected chi connectivity index (χ2v) is 5.50. The van der Waals surface area contributed by atoms with E-state index in [9.17, 15) is 9.59 Å². The zero-order chi connectivity index (χ0) is 16.5. The number of rotatable bonds is 8. The van der Waals surface area contributed by atoms with Crippen molar-refractivity contribution >= 4 is 11.9 Å². The highest BCUT2D eigenvalue weighted by atomic mass is 16.5. The van der Waals surface area contributed by atoms with Crippen molar-refractivity contribution in [3.05, 3.63) is 18.7 Å². The maximum Gasteiger partial charge on any atom is 0.325 e. The summed E-state index contributed by atoms with van der Waals surface area (Å²) in [7, 11) is 0. The minimum absolute atomic E-state index is 0.0580. The van der Waals surface area contributed by atoms with Crippen molar-refractivity contribution in [2.75, 3.05) is 52.4 Å². The van der Waals surface area contributed by atoms with Gasteiger partial charge in [0.2, 0.25) is 5.91 Å². The first-order valence-electron chi connectivity index (χ1n) is 8.00. The molecule has 0 spiro atoms. The van der Waals surface area contributed by atoms with Crippen molar-refractivity contribution in [2.24, 2.45) is 0 Å². The Hall–Kier alpha value is -1.93. The fourth-order valence-corrected chi connectivity index (χ4v) is 2.49. The highest BCUT2D eigenvalue weighted by molar-refractivity contribution is 5.83. The van der Waals surface area contributed by atoms with Crippen LogP contribution >= 0.6 is 0 Å². The molecule has 1 aromatic heterocycles. The third-order valence-corrected chi connectivity index (χ3v) is 3.80. The Morgan fingerprint density at radius 2 is 1.91 bits per heavy atom. The number of hydrogen-bond acceptors (Lipinski definition) is 6. The molecule has 1 aliphatic heterocycles. The van der Waals surface area contributed by atoms with E-state index in [0.29, 0.717) is 13.2 Å². The lowest BCUT2D eigenvalue weighted by Crippen LogP contribution is -2.50. The van der Waals surface area contributed by atoms with Gasteiger partial charge in [0.1, 0.15) is 6.54 Å². The van der Waals surface area contributed by atoms with Gasteiger partial charge in [-0.3, -0.25) is 19.4 Å². The molecular weight excluding hydrogens is 298 g/mol. The molecule has 1 aromatic rings. The minimum Gasteiger partial charge on any atom is -0.465 e. The summed E-state index contributed by atoms with van der Waals surface area (Å²) >= 11 is 0. The number of hydrogen-bond donors (Lipinski definition) is 1. The summed E-state index contributed by atoms with van der Waals surface area (Å²) in [6.07, 6.45) is 5.57. The molecule has 0 atom stereocenters. The van der Waals surface area contributed by atoms with Gasteiger partial charge in [0.25, 0.3) is 0 Å². The van der Waals surface area contributed by atoms with Crippen LogP contribution in [0.5, 0.6) is 0 Å². The molecule has 0 aromatic carbocycles. The number of carbonyl (C=O) groups excluding carboxylic acids is 2. The molecular formula is C15H25N5O3.